The van der Waals surface area contributed by atoms with Gasteiger partial charge in [0.2, 0.25) is 21.8 Å². The van der Waals surface area contributed by atoms with Crippen molar-refractivity contribution in [3.63, 3.8) is 0 Å². The van der Waals surface area contributed by atoms with Crippen molar-refractivity contribution in [2.45, 2.75) is 31.6 Å². The Hall–Kier alpha value is -2.71. The van der Waals surface area contributed by atoms with Crippen molar-refractivity contribution in [1.29, 1.82) is 0 Å². The lowest BCUT2D eigenvalue weighted by Gasteiger charge is -2.17. The molecule has 0 unspecified atom stereocenters. The molecular formula is C20H25N3O4S. The SMILES string of the molecule is CC(=O)Nc1ccc(S(=O)(=O)N(C)CC(=O)Nc2cccc(C(C)C)c2)cc1. The number of nitrogens with one attached hydrogen (secondary N) is 2. The van der Waals surface area contributed by atoms with Gasteiger partial charge in [-0.2, -0.15) is 4.31 Å². The minimum atomic E-state index is -3.83. The predicted octanol–water partition coefficient (Wildman–Crippen LogP) is 3.03. The highest BCUT2D eigenvalue weighted by molar-refractivity contribution is 7.89. The van der Waals surface area contributed by atoms with Gasteiger partial charge >= 0.3 is 0 Å². The van der Waals surface area contributed by atoms with Crippen molar-refractivity contribution in [3.8, 4) is 0 Å². The summed E-state index contributed by atoms with van der Waals surface area (Å²) >= 11 is 0. The van der Waals surface area contributed by atoms with Crippen LogP contribution in [0.5, 0.6) is 0 Å². The summed E-state index contributed by atoms with van der Waals surface area (Å²) in [6.07, 6.45) is 0. The summed E-state index contributed by atoms with van der Waals surface area (Å²) in [5.74, 6) is -0.354. The van der Waals surface area contributed by atoms with Crippen molar-refractivity contribution in [2.24, 2.45) is 0 Å². The number of hydrogen-bond donors (Lipinski definition) is 2. The predicted molar refractivity (Wildman–Crippen MR) is 110 cm³/mol. The number of likely N-dealkylation sites (N-methyl/N-ethyl adjacent to an activating group) is 1. The Morgan fingerprint density at radius 3 is 2.21 bits per heavy atom. The Bertz CT molecular complexity index is 954. The van der Waals surface area contributed by atoms with Crippen LogP contribution in [-0.2, 0) is 19.6 Å². The molecule has 2 amide bonds. The Kier molecular flexibility index (Phi) is 6.93. The van der Waals surface area contributed by atoms with Gasteiger partial charge < -0.3 is 10.6 Å². The molecule has 0 aromatic heterocycles. The topological polar surface area (TPSA) is 95.6 Å². The van der Waals surface area contributed by atoms with Crippen molar-refractivity contribution in [3.05, 3.63) is 54.1 Å². The molecule has 0 bridgehead atoms. The third kappa shape index (κ3) is 5.64. The molecule has 0 atom stereocenters. The summed E-state index contributed by atoms with van der Waals surface area (Å²) in [7, 11) is -2.48. The van der Waals surface area contributed by atoms with Gasteiger partial charge in [-0.3, -0.25) is 9.59 Å². The fourth-order valence-corrected chi connectivity index (χ4v) is 3.68. The average Bonchev–Trinajstić information content (AvgIpc) is 2.61. The fourth-order valence-electron chi connectivity index (χ4n) is 2.56. The first-order valence-corrected chi connectivity index (χ1v) is 10.3. The number of sulfonamides is 1. The molecule has 0 aliphatic heterocycles. The van der Waals surface area contributed by atoms with E-state index in [-0.39, 0.29) is 17.3 Å². The summed E-state index contributed by atoms with van der Waals surface area (Å²) in [5, 5.41) is 5.30. The van der Waals surface area contributed by atoms with Crippen LogP contribution >= 0.6 is 0 Å². The van der Waals surface area contributed by atoms with E-state index in [9.17, 15) is 18.0 Å². The second-order valence-corrected chi connectivity index (χ2v) is 8.84. The lowest BCUT2D eigenvalue weighted by molar-refractivity contribution is -0.116. The largest absolute Gasteiger partial charge is 0.326 e. The Morgan fingerprint density at radius 2 is 1.64 bits per heavy atom. The van der Waals surface area contributed by atoms with Gasteiger partial charge in [-0.05, 0) is 47.9 Å². The number of rotatable bonds is 7. The quantitative estimate of drug-likeness (QED) is 0.743. The highest BCUT2D eigenvalue weighted by Gasteiger charge is 2.23. The van der Waals surface area contributed by atoms with E-state index in [2.05, 4.69) is 24.5 Å². The number of nitrogens with zero attached hydrogens (tertiary/aromatic N) is 1. The first kappa shape index (κ1) is 21.6. The van der Waals surface area contributed by atoms with Crippen LogP contribution < -0.4 is 10.6 Å². The third-order valence-electron chi connectivity index (χ3n) is 4.09. The monoisotopic (exact) mass is 403 g/mol. The second-order valence-electron chi connectivity index (χ2n) is 6.79. The van der Waals surface area contributed by atoms with Crippen molar-refractivity contribution >= 4 is 33.2 Å². The highest BCUT2D eigenvalue weighted by atomic mass is 32.2. The van der Waals surface area contributed by atoms with E-state index in [0.717, 1.165) is 9.87 Å². The number of carbonyl (C=O) groups excluding carboxylic acids is 2. The molecular weight excluding hydrogens is 378 g/mol. The molecule has 0 radical (unpaired) electrons. The van der Waals surface area contributed by atoms with E-state index in [1.165, 1.54) is 38.2 Å². The zero-order valence-corrected chi connectivity index (χ0v) is 17.2. The van der Waals surface area contributed by atoms with Crippen LogP contribution in [0, 0.1) is 0 Å². The van der Waals surface area contributed by atoms with Gasteiger partial charge in [0.1, 0.15) is 0 Å². The summed E-state index contributed by atoms with van der Waals surface area (Å²) < 4.78 is 26.3. The van der Waals surface area contributed by atoms with Gasteiger partial charge in [0, 0.05) is 25.3 Å². The summed E-state index contributed by atoms with van der Waals surface area (Å²) in [6, 6.07) is 13.2. The zero-order valence-electron chi connectivity index (χ0n) is 16.4. The van der Waals surface area contributed by atoms with E-state index in [1.807, 2.05) is 18.2 Å². The smallest absolute Gasteiger partial charge is 0.243 e. The van der Waals surface area contributed by atoms with Crippen molar-refractivity contribution in [1.82, 2.24) is 4.31 Å². The number of amides is 2. The van der Waals surface area contributed by atoms with E-state index in [4.69, 9.17) is 0 Å². The molecule has 150 valence electrons. The molecule has 0 fully saturated rings. The molecule has 0 saturated carbocycles. The van der Waals surface area contributed by atoms with E-state index in [0.29, 0.717) is 17.3 Å². The van der Waals surface area contributed by atoms with E-state index in [1.54, 1.807) is 6.07 Å². The zero-order chi connectivity index (χ0) is 20.9. The maximum Gasteiger partial charge on any atom is 0.243 e. The van der Waals surface area contributed by atoms with Crippen molar-refractivity contribution in [2.75, 3.05) is 24.2 Å². The summed E-state index contributed by atoms with van der Waals surface area (Å²) in [4.78, 5) is 23.4. The third-order valence-corrected chi connectivity index (χ3v) is 5.90. The van der Waals surface area contributed by atoms with Gasteiger partial charge in [-0.25, -0.2) is 8.42 Å². The Labute approximate surface area is 165 Å². The average molecular weight is 404 g/mol. The van der Waals surface area contributed by atoms with Crippen LogP contribution in [0.15, 0.2) is 53.4 Å². The van der Waals surface area contributed by atoms with Crippen LogP contribution in [0.25, 0.3) is 0 Å². The number of benzene rings is 2. The first-order chi connectivity index (χ1) is 13.1. The molecule has 0 spiro atoms. The molecule has 2 aromatic carbocycles. The molecule has 0 saturated heterocycles. The molecule has 7 nitrogen and oxygen atoms in total. The molecule has 28 heavy (non-hydrogen) atoms. The molecule has 8 heteroatoms. The number of anilines is 2. The van der Waals surface area contributed by atoms with Gasteiger partial charge in [0.25, 0.3) is 0 Å². The van der Waals surface area contributed by atoms with Crippen LogP contribution in [-0.4, -0.2) is 38.1 Å². The van der Waals surface area contributed by atoms with Crippen LogP contribution in [0.1, 0.15) is 32.3 Å². The van der Waals surface area contributed by atoms with Gasteiger partial charge in [0.15, 0.2) is 0 Å². The minimum Gasteiger partial charge on any atom is -0.326 e. The first-order valence-electron chi connectivity index (χ1n) is 8.83. The maximum absolute atomic E-state index is 12.7. The standard InChI is InChI=1S/C20H25N3O4S/c1-14(2)16-6-5-7-18(12-16)22-20(25)13-23(4)28(26,27)19-10-8-17(9-11-19)21-15(3)24/h5-12,14H,13H2,1-4H3,(H,21,24)(H,22,25). The fraction of sp³-hybridized carbons (Fsp3) is 0.300. The van der Waals surface area contributed by atoms with Gasteiger partial charge in [-0.15, -0.1) is 0 Å². The molecule has 2 N–H and O–H groups in total. The highest BCUT2D eigenvalue weighted by Crippen LogP contribution is 2.20. The van der Waals surface area contributed by atoms with Crippen LogP contribution in [0.2, 0.25) is 0 Å². The summed E-state index contributed by atoms with van der Waals surface area (Å²) in [6.45, 7) is 5.16. The molecule has 2 rings (SSSR count). The maximum atomic E-state index is 12.7. The van der Waals surface area contributed by atoms with Gasteiger partial charge in [0.05, 0.1) is 11.4 Å². The van der Waals surface area contributed by atoms with Crippen molar-refractivity contribution < 1.29 is 18.0 Å². The van der Waals surface area contributed by atoms with E-state index < -0.39 is 15.9 Å². The number of hydrogen-bond acceptors (Lipinski definition) is 4. The molecule has 0 aliphatic carbocycles. The number of carbonyl (C=O) groups is 2. The Morgan fingerprint density at radius 1 is 1.00 bits per heavy atom. The van der Waals surface area contributed by atoms with Crippen LogP contribution in [0.3, 0.4) is 0 Å². The Balaban J connectivity index is 2.06. The second kappa shape index (κ2) is 8.99. The lowest BCUT2D eigenvalue weighted by atomic mass is 10.0. The van der Waals surface area contributed by atoms with E-state index >= 15 is 0 Å². The molecule has 0 heterocycles. The molecule has 0 aliphatic rings. The van der Waals surface area contributed by atoms with Crippen LogP contribution in [0.4, 0.5) is 11.4 Å². The normalized spacial score (nSPS) is 11.5. The minimum absolute atomic E-state index is 0.0405. The molecule has 2 aromatic rings. The lowest BCUT2D eigenvalue weighted by Crippen LogP contribution is -2.35. The summed E-state index contributed by atoms with van der Waals surface area (Å²) in [5.41, 5.74) is 2.21. The van der Waals surface area contributed by atoms with Gasteiger partial charge in [-0.1, -0.05) is 26.0 Å².